The SMILES string of the molecule is CCCS(=O)(=O)c1ccc(NC2CCCC(CC)C2)cc1. The van der Waals surface area contributed by atoms with E-state index in [0.717, 1.165) is 11.6 Å². The Labute approximate surface area is 129 Å². The van der Waals surface area contributed by atoms with Crippen molar-refractivity contribution in [1.29, 1.82) is 0 Å². The van der Waals surface area contributed by atoms with Crippen molar-refractivity contribution in [3.05, 3.63) is 24.3 Å². The summed E-state index contributed by atoms with van der Waals surface area (Å²) in [5.74, 6) is 1.06. The standard InChI is InChI=1S/C17H27NO2S/c1-3-12-21(19,20)17-10-8-15(9-11-17)18-16-7-5-6-14(4-2)13-16/h8-11,14,16,18H,3-7,12-13H2,1-2H3. The highest BCUT2D eigenvalue weighted by Crippen LogP contribution is 2.29. The molecule has 0 aliphatic heterocycles. The molecule has 1 aliphatic rings. The van der Waals surface area contributed by atoms with Crippen molar-refractivity contribution in [1.82, 2.24) is 0 Å². The van der Waals surface area contributed by atoms with Gasteiger partial charge in [0.05, 0.1) is 10.6 Å². The Morgan fingerprint density at radius 1 is 1.14 bits per heavy atom. The van der Waals surface area contributed by atoms with E-state index in [9.17, 15) is 8.42 Å². The predicted molar refractivity (Wildman–Crippen MR) is 88.4 cm³/mol. The zero-order valence-corrected chi connectivity index (χ0v) is 14.0. The van der Waals surface area contributed by atoms with Crippen molar-refractivity contribution in [2.45, 2.75) is 63.3 Å². The van der Waals surface area contributed by atoms with Gasteiger partial charge in [0.15, 0.2) is 9.84 Å². The van der Waals surface area contributed by atoms with Gasteiger partial charge >= 0.3 is 0 Å². The van der Waals surface area contributed by atoms with Gasteiger partial charge in [0.1, 0.15) is 0 Å². The molecule has 0 saturated heterocycles. The maximum atomic E-state index is 12.0. The minimum atomic E-state index is -3.10. The van der Waals surface area contributed by atoms with Gasteiger partial charge in [0.2, 0.25) is 0 Å². The van der Waals surface area contributed by atoms with Gasteiger partial charge < -0.3 is 5.32 Å². The van der Waals surface area contributed by atoms with Gasteiger partial charge in [0, 0.05) is 11.7 Å². The van der Waals surface area contributed by atoms with Gasteiger partial charge in [-0.25, -0.2) is 8.42 Å². The van der Waals surface area contributed by atoms with E-state index in [1.165, 1.54) is 32.1 Å². The van der Waals surface area contributed by atoms with E-state index in [1.807, 2.05) is 19.1 Å². The van der Waals surface area contributed by atoms with Gasteiger partial charge in [-0.3, -0.25) is 0 Å². The molecule has 0 aromatic heterocycles. The molecule has 1 aromatic carbocycles. The first-order chi connectivity index (χ1) is 10.0. The zero-order chi connectivity index (χ0) is 15.3. The second kappa shape index (κ2) is 7.30. The zero-order valence-electron chi connectivity index (χ0n) is 13.1. The molecule has 2 unspecified atom stereocenters. The lowest BCUT2D eigenvalue weighted by Crippen LogP contribution is -2.27. The summed E-state index contributed by atoms with van der Waals surface area (Å²) in [6, 6.07) is 7.79. The summed E-state index contributed by atoms with van der Waals surface area (Å²) in [6.45, 7) is 4.15. The molecule has 0 spiro atoms. The van der Waals surface area contributed by atoms with Crippen molar-refractivity contribution < 1.29 is 8.42 Å². The molecule has 0 amide bonds. The topological polar surface area (TPSA) is 46.2 Å². The second-order valence-corrected chi connectivity index (χ2v) is 8.23. The molecular weight excluding hydrogens is 282 g/mol. The molecule has 1 aliphatic carbocycles. The van der Waals surface area contributed by atoms with Gasteiger partial charge in [0.25, 0.3) is 0 Å². The summed E-state index contributed by atoms with van der Waals surface area (Å²) >= 11 is 0. The number of nitrogens with one attached hydrogen (secondary N) is 1. The van der Waals surface area contributed by atoms with E-state index >= 15 is 0 Å². The van der Waals surface area contributed by atoms with E-state index in [2.05, 4.69) is 12.2 Å². The molecule has 1 saturated carbocycles. The van der Waals surface area contributed by atoms with E-state index in [-0.39, 0.29) is 5.75 Å². The van der Waals surface area contributed by atoms with E-state index < -0.39 is 9.84 Å². The van der Waals surface area contributed by atoms with Crippen LogP contribution in [0.3, 0.4) is 0 Å². The van der Waals surface area contributed by atoms with Crippen LogP contribution < -0.4 is 5.32 Å². The molecule has 0 heterocycles. The summed E-state index contributed by atoms with van der Waals surface area (Å²) in [4.78, 5) is 0.435. The molecule has 0 bridgehead atoms. The highest BCUT2D eigenvalue weighted by Gasteiger charge is 2.20. The lowest BCUT2D eigenvalue weighted by molar-refractivity contribution is 0.327. The fourth-order valence-electron chi connectivity index (χ4n) is 3.17. The number of hydrogen-bond donors (Lipinski definition) is 1. The van der Waals surface area contributed by atoms with Crippen LogP contribution in [0.5, 0.6) is 0 Å². The Bertz CT molecular complexity index is 536. The minimum Gasteiger partial charge on any atom is -0.382 e. The lowest BCUT2D eigenvalue weighted by atomic mass is 9.84. The number of anilines is 1. The second-order valence-electron chi connectivity index (χ2n) is 6.13. The molecule has 0 radical (unpaired) electrons. The number of benzene rings is 1. The normalized spacial score (nSPS) is 23.0. The van der Waals surface area contributed by atoms with Crippen LogP contribution in [0, 0.1) is 5.92 Å². The number of rotatable bonds is 6. The molecule has 21 heavy (non-hydrogen) atoms. The van der Waals surface area contributed by atoms with Crippen LogP contribution in [-0.2, 0) is 9.84 Å². The van der Waals surface area contributed by atoms with Crippen molar-refractivity contribution in [2.24, 2.45) is 5.92 Å². The van der Waals surface area contributed by atoms with Gasteiger partial charge in [-0.1, -0.05) is 33.1 Å². The Balaban J connectivity index is 1.99. The molecule has 1 N–H and O–H groups in total. The number of sulfone groups is 1. The van der Waals surface area contributed by atoms with E-state index in [1.54, 1.807) is 12.1 Å². The molecule has 2 atom stereocenters. The molecule has 4 heteroatoms. The summed E-state index contributed by atoms with van der Waals surface area (Å²) < 4.78 is 24.0. The van der Waals surface area contributed by atoms with Crippen LogP contribution >= 0.6 is 0 Å². The van der Waals surface area contributed by atoms with Crippen LogP contribution in [-0.4, -0.2) is 20.2 Å². The van der Waals surface area contributed by atoms with Gasteiger partial charge in [-0.15, -0.1) is 0 Å². The van der Waals surface area contributed by atoms with Crippen molar-refractivity contribution in [2.75, 3.05) is 11.1 Å². The predicted octanol–water partition coefficient (Wildman–Crippen LogP) is 4.25. The van der Waals surface area contributed by atoms with Crippen molar-refractivity contribution in [3.8, 4) is 0 Å². The first-order valence-corrected chi connectivity index (χ1v) is 9.79. The van der Waals surface area contributed by atoms with Crippen LogP contribution in [0.15, 0.2) is 29.2 Å². The Morgan fingerprint density at radius 3 is 2.48 bits per heavy atom. The Kier molecular flexibility index (Phi) is 5.68. The lowest BCUT2D eigenvalue weighted by Gasteiger charge is -2.29. The van der Waals surface area contributed by atoms with Crippen LogP contribution in [0.1, 0.15) is 52.4 Å². The van der Waals surface area contributed by atoms with Crippen molar-refractivity contribution >= 4 is 15.5 Å². The third-order valence-corrected chi connectivity index (χ3v) is 6.35. The molecule has 3 nitrogen and oxygen atoms in total. The fourth-order valence-corrected chi connectivity index (χ4v) is 4.50. The number of hydrogen-bond acceptors (Lipinski definition) is 3. The Morgan fingerprint density at radius 2 is 1.86 bits per heavy atom. The quantitative estimate of drug-likeness (QED) is 0.854. The van der Waals surface area contributed by atoms with E-state index in [0.29, 0.717) is 17.4 Å². The first-order valence-electron chi connectivity index (χ1n) is 8.14. The van der Waals surface area contributed by atoms with Gasteiger partial charge in [-0.2, -0.15) is 0 Å². The summed E-state index contributed by atoms with van der Waals surface area (Å²) in [7, 11) is -3.10. The maximum Gasteiger partial charge on any atom is 0.178 e. The highest BCUT2D eigenvalue weighted by molar-refractivity contribution is 7.91. The molecule has 2 rings (SSSR count). The average molecular weight is 309 g/mol. The van der Waals surface area contributed by atoms with Crippen LogP contribution in [0.2, 0.25) is 0 Å². The summed E-state index contributed by atoms with van der Waals surface area (Å²) in [5, 5.41) is 3.56. The highest BCUT2D eigenvalue weighted by atomic mass is 32.2. The fraction of sp³-hybridized carbons (Fsp3) is 0.647. The average Bonchev–Trinajstić information content (AvgIpc) is 2.48. The van der Waals surface area contributed by atoms with E-state index in [4.69, 9.17) is 0 Å². The van der Waals surface area contributed by atoms with Crippen molar-refractivity contribution in [3.63, 3.8) is 0 Å². The molecular formula is C17H27NO2S. The smallest absolute Gasteiger partial charge is 0.178 e. The van der Waals surface area contributed by atoms with Gasteiger partial charge in [-0.05, 0) is 49.4 Å². The molecule has 118 valence electrons. The Hall–Kier alpha value is -1.03. The monoisotopic (exact) mass is 309 g/mol. The summed E-state index contributed by atoms with van der Waals surface area (Å²) in [5.41, 5.74) is 1.03. The summed E-state index contributed by atoms with van der Waals surface area (Å²) in [6.07, 6.45) is 7.00. The van der Waals surface area contributed by atoms with Crippen LogP contribution in [0.25, 0.3) is 0 Å². The third kappa shape index (κ3) is 4.47. The third-order valence-electron chi connectivity index (χ3n) is 4.42. The largest absolute Gasteiger partial charge is 0.382 e. The first kappa shape index (κ1) is 16.3. The molecule has 1 aromatic rings. The molecule has 1 fully saturated rings. The minimum absolute atomic E-state index is 0.223. The maximum absolute atomic E-state index is 12.0. The van der Waals surface area contributed by atoms with Crippen LogP contribution in [0.4, 0.5) is 5.69 Å².